The Bertz CT molecular complexity index is 943. The van der Waals surface area contributed by atoms with Crippen LogP contribution in [0.15, 0.2) is 36.5 Å². The molecule has 2 bridgehead atoms. The third-order valence-electron chi connectivity index (χ3n) is 5.81. The molecular formula is C19H19N2O2+. The first-order valence-corrected chi connectivity index (χ1v) is 8.37. The molecule has 1 saturated carbocycles. The smallest absolute Gasteiger partial charge is 0.273 e. The molecule has 3 aromatic rings. The Kier molecular flexibility index (Phi) is 2.68. The lowest BCUT2D eigenvalue weighted by molar-refractivity contribution is -0.731. The van der Waals surface area contributed by atoms with Gasteiger partial charge in [-0.3, -0.25) is 4.79 Å². The van der Waals surface area contributed by atoms with E-state index in [-0.39, 0.29) is 24.2 Å². The second-order valence-corrected chi connectivity index (χ2v) is 6.91. The molecule has 4 heteroatoms. The molecule has 4 nitrogen and oxygen atoms in total. The minimum atomic E-state index is -0.0317. The van der Waals surface area contributed by atoms with Crippen LogP contribution in [-0.4, -0.2) is 22.5 Å². The standard InChI is InChI=1S/C19H18N2O2/c22-10-11-5-6-12-9-15(11)19(23)18-17-14(7-8-21(12)18)13-3-1-2-4-16(13)20-17/h1-4,7-8,11-12,15,22H,5-6,9-10H2/p+1/t11-,12+,15+/m1/s1. The van der Waals surface area contributed by atoms with E-state index in [0.29, 0.717) is 6.04 Å². The van der Waals surface area contributed by atoms with Gasteiger partial charge in [0.25, 0.3) is 5.69 Å². The summed E-state index contributed by atoms with van der Waals surface area (Å²) in [6.07, 6.45) is 4.93. The summed E-state index contributed by atoms with van der Waals surface area (Å²) in [6, 6.07) is 10.7. The normalized spacial score (nSPS) is 26.7. The highest BCUT2D eigenvalue weighted by Crippen LogP contribution is 2.40. The number of aromatic nitrogens is 2. The van der Waals surface area contributed by atoms with Crippen LogP contribution >= 0.6 is 0 Å². The summed E-state index contributed by atoms with van der Waals surface area (Å²) >= 11 is 0. The van der Waals surface area contributed by atoms with E-state index in [1.165, 1.54) is 0 Å². The molecule has 23 heavy (non-hydrogen) atoms. The van der Waals surface area contributed by atoms with Crippen molar-refractivity contribution < 1.29 is 14.5 Å². The van der Waals surface area contributed by atoms with E-state index >= 15 is 0 Å². The number of pyridine rings is 1. The third-order valence-corrected chi connectivity index (χ3v) is 5.81. The first kappa shape index (κ1) is 13.3. The van der Waals surface area contributed by atoms with Gasteiger partial charge in [0.1, 0.15) is 5.52 Å². The van der Waals surface area contributed by atoms with Crippen molar-refractivity contribution in [2.75, 3.05) is 6.61 Å². The quantitative estimate of drug-likeness (QED) is 0.679. The zero-order chi connectivity index (χ0) is 15.6. The predicted molar refractivity (Wildman–Crippen MR) is 87.3 cm³/mol. The van der Waals surface area contributed by atoms with Crippen molar-refractivity contribution in [3.05, 3.63) is 42.2 Å². The number of nitrogens with zero attached hydrogens (tertiary/aromatic N) is 1. The maximum Gasteiger partial charge on any atom is 0.273 e. The Hall–Kier alpha value is -2.20. The minimum absolute atomic E-state index is 0.0317. The Balaban J connectivity index is 1.82. The average Bonchev–Trinajstić information content (AvgIpc) is 2.98. The third kappa shape index (κ3) is 1.70. The minimum Gasteiger partial charge on any atom is -0.396 e. The zero-order valence-electron chi connectivity index (χ0n) is 12.8. The molecule has 5 rings (SSSR count). The fourth-order valence-electron chi connectivity index (χ4n) is 4.62. The summed E-state index contributed by atoms with van der Waals surface area (Å²) in [5, 5.41) is 11.9. The second kappa shape index (κ2) is 4.65. The van der Waals surface area contributed by atoms with Gasteiger partial charge in [0, 0.05) is 47.7 Å². The van der Waals surface area contributed by atoms with Crippen LogP contribution < -0.4 is 4.57 Å². The van der Waals surface area contributed by atoms with E-state index in [9.17, 15) is 9.90 Å². The summed E-state index contributed by atoms with van der Waals surface area (Å²) < 4.78 is 2.17. The Morgan fingerprint density at radius 3 is 2.91 bits per heavy atom. The van der Waals surface area contributed by atoms with Gasteiger partial charge < -0.3 is 10.1 Å². The molecule has 1 aromatic carbocycles. The lowest BCUT2D eigenvalue weighted by atomic mass is 9.71. The maximum atomic E-state index is 13.1. The summed E-state index contributed by atoms with van der Waals surface area (Å²) in [5.74, 6) is 0.278. The lowest BCUT2D eigenvalue weighted by Crippen LogP contribution is -2.55. The van der Waals surface area contributed by atoms with Crippen LogP contribution in [0.5, 0.6) is 0 Å². The van der Waals surface area contributed by atoms with Gasteiger partial charge in [-0.2, -0.15) is 4.57 Å². The van der Waals surface area contributed by atoms with Crippen molar-refractivity contribution in [3.8, 4) is 0 Å². The zero-order valence-corrected chi connectivity index (χ0v) is 12.8. The van der Waals surface area contributed by atoms with E-state index < -0.39 is 0 Å². The van der Waals surface area contributed by atoms with Gasteiger partial charge in [-0.1, -0.05) is 18.2 Å². The number of carbonyl (C=O) groups is 1. The molecule has 0 spiro atoms. The van der Waals surface area contributed by atoms with E-state index in [2.05, 4.69) is 33.9 Å². The van der Waals surface area contributed by atoms with Crippen molar-refractivity contribution in [2.24, 2.45) is 11.8 Å². The number of hydrogen-bond acceptors (Lipinski definition) is 2. The number of carbonyl (C=O) groups excluding carboxylic acids is 1. The molecule has 3 heterocycles. The van der Waals surface area contributed by atoms with E-state index in [1.807, 2.05) is 12.1 Å². The topological polar surface area (TPSA) is 57.0 Å². The highest BCUT2D eigenvalue weighted by Gasteiger charge is 2.48. The molecular weight excluding hydrogens is 288 g/mol. The van der Waals surface area contributed by atoms with Crippen LogP contribution in [0.2, 0.25) is 0 Å². The van der Waals surface area contributed by atoms with E-state index in [0.717, 1.165) is 46.8 Å². The number of H-pyrrole nitrogens is 1. The van der Waals surface area contributed by atoms with Gasteiger partial charge in [-0.05, 0) is 18.4 Å². The van der Waals surface area contributed by atoms with Gasteiger partial charge in [0.05, 0.1) is 0 Å². The largest absolute Gasteiger partial charge is 0.396 e. The van der Waals surface area contributed by atoms with Crippen molar-refractivity contribution >= 4 is 27.6 Å². The molecule has 1 aliphatic carbocycles. The number of aliphatic hydroxyl groups is 1. The maximum absolute atomic E-state index is 13.1. The first-order valence-electron chi connectivity index (χ1n) is 8.37. The summed E-state index contributed by atoms with van der Waals surface area (Å²) in [4.78, 5) is 16.6. The fourth-order valence-corrected chi connectivity index (χ4v) is 4.62. The van der Waals surface area contributed by atoms with Crippen LogP contribution in [0, 0.1) is 11.8 Å². The molecule has 3 atom stereocenters. The predicted octanol–water partition coefficient (Wildman–Crippen LogP) is 2.75. The lowest BCUT2D eigenvalue weighted by Gasteiger charge is -2.35. The molecule has 1 aliphatic heterocycles. The Labute approximate surface area is 133 Å². The first-order chi connectivity index (χ1) is 11.3. The monoisotopic (exact) mass is 307 g/mol. The van der Waals surface area contributed by atoms with E-state index in [1.54, 1.807) is 0 Å². The average molecular weight is 307 g/mol. The molecule has 116 valence electrons. The number of Topliss-reactive ketones (excluding diaryl/α,β-unsaturated/α-hetero) is 1. The van der Waals surface area contributed by atoms with Gasteiger partial charge in [-0.25, -0.2) is 0 Å². The number of aliphatic hydroxyl groups excluding tert-OH is 1. The van der Waals surface area contributed by atoms with Crippen molar-refractivity contribution in [1.82, 2.24) is 4.98 Å². The number of para-hydroxylation sites is 1. The van der Waals surface area contributed by atoms with Gasteiger partial charge in [0.2, 0.25) is 5.78 Å². The number of ketones is 1. The van der Waals surface area contributed by atoms with E-state index in [4.69, 9.17) is 0 Å². The molecule has 2 aliphatic rings. The van der Waals surface area contributed by atoms with Crippen LogP contribution in [0.4, 0.5) is 0 Å². The summed E-state index contributed by atoms with van der Waals surface area (Å²) in [7, 11) is 0. The second-order valence-electron chi connectivity index (χ2n) is 6.91. The number of rotatable bonds is 1. The molecule has 0 unspecified atom stereocenters. The number of nitrogens with one attached hydrogen (secondary N) is 1. The van der Waals surface area contributed by atoms with Crippen LogP contribution in [0.3, 0.4) is 0 Å². The number of fused-ring (bicyclic) bond motifs is 8. The molecule has 0 radical (unpaired) electrons. The molecule has 0 amide bonds. The summed E-state index contributed by atoms with van der Waals surface area (Å²) in [6.45, 7) is 0.117. The molecule has 1 fully saturated rings. The van der Waals surface area contributed by atoms with Gasteiger partial charge in [-0.15, -0.1) is 0 Å². The van der Waals surface area contributed by atoms with Crippen LogP contribution in [-0.2, 0) is 0 Å². The van der Waals surface area contributed by atoms with Crippen molar-refractivity contribution in [3.63, 3.8) is 0 Å². The Morgan fingerprint density at radius 1 is 1.17 bits per heavy atom. The molecule has 2 N–H and O–H groups in total. The molecule has 2 aromatic heterocycles. The van der Waals surface area contributed by atoms with Crippen LogP contribution in [0.1, 0.15) is 35.8 Å². The van der Waals surface area contributed by atoms with Crippen molar-refractivity contribution in [1.29, 1.82) is 0 Å². The number of hydrogen-bond donors (Lipinski definition) is 2. The number of benzene rings is 1. The summed E-state index contributed by atoms with van der Waals surface area (Å²) in [5.41, 5.74) is 2.82. The fraction of sp³-hybridized carbons (Fsp3) is 0.368. The highest BCUT2D eigenvalue weighted by atomic mass is 16.3. The van der Waals surface area contributed by atoms with Crippen LogP contribution in [0.25, 0.3) is 21.8 Å². The highest BCUT2D eigenvalue weighted by molar-refractivity contribution is 6.14. The molecule has 0 saturated heterocycles. The van der Waals surface area contributed by atoms with Gasteiger partial charge in [0.15, 0.2) is 12.2 Å². The van der Waals surface area contributed by atoms with Gasteiger partial charge >= 0.3 is 0 Å². The number of aromatic amines is 1. The SMILES string of the molecule is O=C1c2c3[nH]c4ccccc4c3cc[n+]2[C@H]2CC[C@H](CO)[C@@H]1C2. The Morgan fingerprint density at radius 2 is 2.04 bits per heavy atom. The van der Waals surface area contributed by atoms with Crippen molar-refractivity contribution in [2.45, 2.75) is 25.3 Å².